The lowest BCUT2D eigenvalue weighted by Crippen LogP contribution is -2.44. The molecule has 310 valence electrons. The van der Waals surface area contributed by atoms with E-state index in [1.54, 1.807) is 12.4 Å². The van der Waals surface area contributed by atoms with Crippen LogP contribution >= 0.6 is 0 Å². The number of rotatable bonds is 8. The number of nitrogens with zero attached hydrogens (tertiary/aromatic N) is 12. The molecule has 8 heterocycles. The number of benzene rings is 4. The van der Waals surface area contributed by atoms with Gasteiger partial charge in [-0.25, -0.2) is 19.9 Å². The van der Waals surface area contributed by atoms with Crippen molar-refractivity contribution in [2.24, 2.45) is 15.0 Å². The molecule has 2 aliphatic heterocycles. The Labute approximate surface area is 373 Å². The SMILES string of the molecule is C=Nc1c(/C=C\C)cccc1N1C(c2cc(-c3nc4cccnc4n3-c3cccc4cccnc34)cc(-c3nc4cccnc4n3-c3cccc4cccnc34)c2)=NC2(C)C=CC=NC12. The Morgan fingerprint density at radius 3 is 1.77 bits per heavy atom. The molecule has 0 saturated heterocycles. The summed E-state index contributed by atoms with van der Waals surface area (Å²) < 4.78 is 4.21. The van der Waals surface area contributed by atoms with Crippen LogP contribution in [0.5, 0.6) is 0 Å². The molecule has 0 radical (unpaired) electrons. The van der Waals surface area contributed by atoms with E-state index >= 15 is 0 Å². The minimum atomic E-state index is -0.716. The molecule has 4 aromatic carbocycles. The van der Waals surface area contributed by atoms with Crippen LogP contribution in [0.1, 0.15) is 25.0 Å². The fraction of sp³-hybridized carbons (Fsp3) is 0.0755. The van der Waals surface area contributed by atoms with Crippen LogP contribution in [0.15, 0.2) is 179 Å². The molecule has 12 nitrogen and oxygen atoms in total. The summed E-state index contributed by atoms with van der Waals surface area (Å²) in [5.74, 6) is 2.04. The van der Waals surface area contributed by atoms with E-state index in [0.717, 1.165) is 77.8 Å². The number of hydrogen-bond acceptors (Lipinski definition) is 10. The number of aliphatic imine (C=N–C) groups is 3. The zero-order valence-corrected chi connectivity index (χ0v) is 35.4. The number of amidine groups is 1. The molecule has 65 heavy (non-hydrogen) atoms. The highest BCUT2D eigenvalue weighted by Crippen LogP contribution is 2.44. The molecule has 10 aromatic rings. The summed E-state index contributed by atoms with van der Waals surface area (Å²) in [4.78, 5) is 47.8. The topological polar surface area (TPSA) is 128 Å². The first kappa shape index (κ1) is 37.9. The standard InChI is InChI=1S/C53H38N12/c1-4-13-33-14-5-21-41(44(33)54-3)65-49(62-53(2)24-12-29-59-52(53)65)38-31-36(47-60-39-19-10-27-57-50(39)63(47)42-22-6-15-34-17-8-25-55-45(34)42)30-37(32-38)48-61-40-20-11-28-58-51(40)64(48)43-23-7-16-35-18-9-26-56-46(35)43/h4-32,52H,3H2,1-2H3/b13-4-. The van der Waals surface area contributed by atoms with Crippen LogP contribution in [0.2, 0.25) is 0 Å². The molecule has 2 atom stereocenters. The van der Waals surface area contributed by atoms with Crippen molar-refractivity contribution in [1.82, 2.24) is 39.0 Å². The van der Waals surface area contributed by atoms with Crippen LogP contribution in [-0.2, 0) is 0 Å². The van der Waals surface area contributed by atoms with Crippen molar-refractivity contribution >= 4 is 80.4 Å². The van der Waals surface area contributed by atoms with Gasteiger partial charge in [0.1, 0.15) is 34.1 Å². The minimum absolute atomic E-state index is 0.415. The van der Waals surface area contributed by atoms with Gasteiger partial charge in [-0.2, -0.15) is 0 Å². The molecule has 0 aliphatic carbocycles. The number of aromatic nitrogens is 8. The Morgan fingerprint density at radius 1 is 0.631 bits per heavy atom. The average molecular weight is 843 g/mol. The second kappa shape index (κ2) is 15.0. The molecule has 0 spiro atoms. The third-order valence-corrected chi connectivity index (χ3v) is 12.1. The summed E-state index contributed by atoms with van der Waals surface area (Å²) >= 11 is 0. The van der Waals surface area contributed by atoms with Crippen LogP contribution in [0.4, 0.5) is 11.4 Å². The normalized spacial score (nSPS) is 16.9. The molecule has 2 aliphatic rings. The molecule has 0 N–H and O–H groups in total. The van der Waals surface area contributed by atoms with E-state index in [1.165, 1.54) is 0 Å². The monoisotopic (exact) mass is 842 g/mol. The summed E-state index contributed by atoms with van der Waals surface area (Å²) in [6.07, 6.45) is 16.8. The summed E-state index contributed by atoms with van der Waals surface area (Å²) in [5.41, 5.74) is 10.4. The van der Waals surface area contributed by atoms with Crippen molar-refractivity contribution in [2.45, 2.75) is 25.6 Å². The molecule has 2 unspecified atom stereocenters. The quantitative estimate of drug-likeness (QED) is 0.139. The van der Waals surface area contributed by atoms with Gasteiger partial charge in [-0.15, -0.1) is 0 Å². The second-order valence-corrected chi connectivity index (χ2v) is 16.2. The lowest BCUT2D eigenvalue weighted by atomic mass is 9.96. The molecule has 12 rings (SSSR count). The zero-order chi connectivity index (χ0) is 43.6. The average Bonchev–Trinajstić information content (AvgIpc) is 4.03. The molecule has 6 aromatic heterocycles. The van der Waals surface area contributed by atoms with Crippen LogP contribution in [0.3, 0.4) is 0 Å². The predicted molar refractivity (Wildman–Crippen MR) is 262 cm³/mol. The highest BCUT2D eigenvalue weighted by Gasteiger charge is 2.46. The molecular formula is C53H38N12. The lowest BCUT2D eigenvalue weighted by molar-refractivity contribution is 0.500. The Morgan fingerprint density at radius 2 is 1.17 bits per heavy atom. The minimum Gasteiger partial charge on any atom is -0.298 e. The van der Waals surface area contributed by atoms with Gasteiger partial charge in [-0.1, -0.05) is 66.8 Å². The first-order chi connectivity index (χ1) is 32.0. The number of allylic oxidation sites excluding steroid dienone is 2. The van der Waals surface area contributed by atoms with Gasteiger partial charge >= 0.3 is 0 Å². The number of dihydropyridines is 1. The molecular weight excluding hydrogens is 805 g/mol. The molecule has 0 amide bonds. The van der Waals surface area contributed by atoms with Gasteiger partial charge in [-0.05, 0) is 99.4 Å². The van der Waals surface area contributed by atoms with E-state index in [2.05, 4.69) is 99.4 Å². The Kier molecular flexibility index (Phi) is 8.73. The predicted octanol–water partition coefficient (Wildman–Crippen LogP) is 10.9. The van der Waals surface area contributed by atoms with Crippen LogP contribution in [0.25, 0.3) is 84.4 Å². The Hall–Kier alpha value is -8.77. The van der Waals surface area contributed by atoms with Crippen LogP contribution in [-0.4, -0.2) is 69.5 Å². The number of para-hydroxylation sites is 3. The number of hydrogen-bond donors (Lipinski definition) is 0. The van der Waals surface area contributed by atoms with E-state index in [1.807, 2.05) is 104 Å². The van der Waals surface area contributed by atoms with Crippen molar-refractivity contribution in [3.05, 3.63) is 175 Å². The summed E-state index contributed by atoms with van der Waals surface area (Å²) in [7, 11) is 0. The van der Waals surface area contributed by atoms with Gasteiger partial charge < -0.3 is 0 Å². The summed E-state index contributed by atoms with van der Waals surface area (Å²) in [5, 5.41) is 2.00. The van der Waals surface area contributed by atoms with Gasteiger partial charge in [0, 0.05) is 64.0 Å². The third-order valence-electron chi connectivity index (χ3n) is 12.1. The summed E-state index contributed by atoms with van der Waals surface area (Å²) in [6, 6.07) is 40.8. The first-order valence-electron chi connectivity index (χ1n) is 21.4. The largest absolute Gasteiger partial charge is 0.298 e. The van der Waals surface area contributed by atoms with Gasteiger partial charge in [0.25, 0.3) is 0 Å². The van der Waals surface area contributed by atoms with Gasteiger partial charge in [0.15, 0.2) is 17.5 Å². The first-order valence-corrected chi connectivity index (χ1v) is 21.4. The number of pyridine rings is 4. The van der Waals surface area contributed by atoms with E-state index in [9.17, 15) is 0 Å². The molecule has 0 saturated carbocycles. The number of anilines is 1. The number of fused-ring (bicyclic) bond motifs is 5. The Balaban J connectivity index is 1.18. The molecule has 12 heteroatoms. The highest BCUT2D eigenvalue weighted by atomic mass is 15.4. The van der Waals surface area contributed by atoms with E-state index in [0.29, 0.717) is 28.8 Å². The van der Waals surface area contributed by atoms with Crippen molar-refractivity contribution in [1.29, 1.82) is 0 Å². The maximum atomic E-state index is 5.58. The fourth-order valence-corrected chi connectivity index (χ4v) is 9.33. The summed E-state index contributed by atoms with van der Waals surface area (Å²) in [6.45, 7) is 8.16. The highest BCUT2D eigenvalue weighted by molar-refractivity contribution is 6.15. The van der Waals surface area contributed by atoms with Crippen LogP contribution in [0, 0.1) is 0 Å². The van der Waals surface area contributed by atoms with E-state index in [4.69, 9.17) is 39.9 Å². The van der Waals surface area contributed by atoms with Crippen molar-refractivity contribution < 1.29 is 0 Å². The molecule has 0 fully saturated rings. The Bertz CT molecular complexity index is 3520. The lowest BCUT2D eigenvalue weighted by Gasteiger charge is -2.33. The second-order valence-electron chi connectivity index (χ2n) is 16.2. The fourth-order valence-electron chi connectivity index (χ4n) is 9.33. The smallest absolute Gasteiger partial charge is 0.165 e. The van der Waals surface area contributed by atoms with Crippen LogP contribution < -0.4 is 4.90 Å². The maximum absolute atomic E-state index is 5.58. The van der Waals surface area contributed by atoms with Crippen molar-refractivity contribution in [2.75, 3.05) is 4.90 Å². The third kappa shape index (κ3) is 6.02. The van der Waals surface area contributed by atoms with Gasteiger partial charge in [0.2, 0.25) is 0 Å². The van der Waals surface area contributed by atoms with E-state index < -0.39 is 11.7 Å². The van der Waals surface area contributed by atoms with Gasteiger partial charge in [-0.3, -0.25) is 39.0 Å². The van der Waals surface area contributed by atoms with Gasteiger partial charge in [0.05, 0.1) is 33.8 Å². The molecule has 0 bridgehead atoms. The number of imidazole rings is 2. The van der Waals surface area contributed by atoms with Crippen molar-refractivity contribution in [3.8, 4) is 34.2 Å². The van der Waals surface area contributed by atoms with E-state index in [-0.39, 0.29) is 0 Å². The zero-order valence-electron chi connectivity index (χ0n) is 35.4. The van der Waals surface area contributed by atoms with Crippen molar-refractivity contribution in [3.63, 3.8) is 0 Å². The maximum Gasteiger partial charge on any atom is 0.165 e.